The number of nitrogen functional groups attached to an aromatic ring is 1. The molecule has 186 valence electrons. The Hall–Kier alpha value is -4.20. The molecule has 14 nitrogen and oxygen atoms in total. The number of nitrogens with one attached hydrogen (secondary N) is 1. The average molecular weight is 486 g/mol. The van der Waals surface area contributed by atoms with E-state index in [2.05, 4.69) is 43.0 Å². The quantitative estimate of drug-likeness (QED) is 0.305. The van der Waals surface area contributed by atoms with Crippen molar-refractivity contribution >= 4 is 17.9 Å². The molecule has 0 saturated carbocycles. The Bertz CT molecular complexity index is 1190. The van der Waals surface area contributed by atoms with Gasteiger partial charge in [0.25, 0.3) is 5.91 Å². The SMILES string of the molecule is COc1cc(C=NNC(=O)c2nnn(-c3nonc3N)c2CN2CCC(C)CC2)cc(OC)c1O. The molecule has 0 spiro atoms. The molecule has 35 heavy (non-hydrogen) atoms. The first kappa shape index (κ1) is 23.9. The minimum absolute atomic E-state index is 0.0311. The van der Waals surface area contributed by atoms with Gasteiger partial charge in [-0.1, -0.05) is 12.1 Å². The van der Waals surface area contributed by atoms with Gasteiger partial charge in [0.05, 0.1) is 26.1 Å². The number of rotatable bonds is 8. The maximum absolute atomic E-state index is 13.0. The van der Waals surface area contributed by atoms with Crippen molar-refractivity contribution in [3.63, 3.8) is 0 Å². The second-order valence-electron chi connectivity index (χ2n) is 8.20. The molecule has 1 fully saturated rings. The van der Waals surface area contributed by atoms with E-state index in [1.807, 2.05) is 0 Å². The molecule has 1 aliphatic heterocycles. The number of methoxy groups -OCH3 is 2. The van der Waals surface area contributed by atoms with Crippen LogP contribution in [-0.2, 0) is 6.54 Å². The van der Waals surface area contributed by atoms with Gasteiger partial charge in [-0.15, -0.1) is 5.10 Å². The summed E-state index contributed by atoms with van der Waals surface area (Å²) >= 11 is 0. The van der Waals surface area contributed by atoms with E-state index < -0.39 is 5.91 Å². The number of phenols is 1. The molecule has 2 aromatic heterocycles. The standard InChI is InChI=1S/C21H27N9O5/c1-12-4-6-29(7-5-12)11-14-17(24-28-30(14)20-19(22)26-35-27-20)21(32)25-23-10-13-8-15(33-2)18(31)16(9-13)34-3/h8-10,12,31H,4-7,11H2,1-3H3,(H2,22,26)(H,25,32). The van der Waals surface area contributed by atoms with Gasteiger partial charge in [0.2, 0.25) is 17.4 Å². The Morgan fingerprint density at radius 3 is 2.57 bits per heavy atom. The summed E-state index contributed by atoms with van der Waals surface area (Å²) in [6.45, 7) is 4.39. The largest absolute Gasteiger partial charge is 0.502 e. The number of aromatic nitrogens is 5. The molecule has 0 atom stereocenters. The lowest BCUT2D eigenvalue weighted by Gasteiger charge is -2.30. The molecule has 3 heterocycles. The Morgan fingerprint density at radius 1 is 1.29 bits per heavy atom. The fraction of sp³-hybridized carbons (Fsp3) is 0.429. The molecular formula is C21H27N9O5. The molecule has 1 aromatic carbocycles. The second-order valence-corrected chi connectivity index (χ2v) is 8.20. The van der Waals surface area contributed by atoms with Crippen molar-refractivity contribution in [2.45, 2.75) is 26.3 Å². The molecule has 14 heteroatoms. The minimum Gasteiger partial charge on any atom is -0.502 e. The van der Waals surface area contributed by atoms with Crippen LogP contribution in [0, 0.1) is 5.92 Å². The lowest BCUT2D eigenvalue weighted by molar-refractivity contribution is 0.0947. The summed E-state index contributed by atoms with van der Waals surface area (Å²) in [4.78, 5) is 15.2. The molecule has 4 N–H and O–H groups in total. The van der Waals surface area contributed by atoms with E-state index in [1.165, 1.54) is 25.1 Å². The number of hydrazone groups is 1. The first-order valence-electron chi connectivity index (χ1n) is 10.9. The van der Waals surface area contributed by atoms with Crippen LogP contribution in [-0.4, -0.2) is 74.7 Å². The van der Waals surface area contributed by atoms with Crippen molar-refractivity contribution in [1.29, 1.82) is 0 Å². The molecule has 4 rings (SSSR count). The lowest BCUT2D eigenvalue weighted by atomic mass is 9.99. The van der Waals surface area contributed by atoms with Crippen molar-refractivity contribution in [3.05, 3.63) is 29.1 Å². The van der Waals surface area contributed by atoms with Crippen LogP contribution in [0.25, 0.3) is 5.82 Å². The topological polar surface area (TPSA) is 179 Å². The summed E-state index contributed by atoms with van der Waals surface area (Å²) < 4.78 is 16.3. The summed E-state index contributed by atoms with van der Waals surface area (Å²) in [5.41, 5.74) is 9.40. The van der Waals surface area contributed by atoms with Crippen molar-refractivity contribution < 1.29 is 24.0 Å². The Labute approximate surface area is 200 Å². The van der Waals surface area contributed by atoms with Crippen molar-refractivity contribution in [1.82, 2.24) is 35.6 Å². The zero-order valence-electron chi connectivity index (χ0n) is 19.6. The molecule has 3 aromatic rings. The zero-order valence-corrected chi connectivity index (χ0v) is 19.6. The first-order valence-corrected chi connectivity index (χ1v) is 10.9. The molecular weight excluding hydrogens is 458 g/mol. The molecule has 1 saturated heterocycles. The highest BCUT2D eigenvalue weighted by Gasteiger charge is 2.26. The van der Waals surface area contributed by atoms with Gasteiger partial charge >= 0.3 is 0 Å². The van der Waals surface area contributed by atoms with Gasteiger partial charge in [0, 0.05) is 12.1 Å². The highest BCUT2D eigenvalue weighted by atomic mass is 16.6. The van der Waals surface area contributed by atoms with Crippen molar-refractivity contribution in [3.8, 4) is 23.1 Å². The maximum Gasteiger partial charge on any atom is 0.293 e. The van der Waals surface area contributed by atoms with Gasteiger partial charge in [-0.3, -0.25) is 9.69 Å². The summed E-state index contributed by atoms with van der Waals surface area (Å²) in [5.74, 6) is 0.548. The Kier molecular flexibility index (Phi) is 7.10. The number of phenolic OH excluding ortho intramolecular Hbond substituents is 1. The van der Waals surface area contributed by atoms with E-state index in [0.29, 0.717) is 23.7 Å². The predicted octanol–water partition coefficient (Wildman–Crippen LogP) is 0.951. The van der Waals surface area contributed by atoms with Gasteiger partial charge in [0.1, 0.15) is 0 Å². The third kappa shape index (κ3) is 5.16. The van der Waals surface area contributed by atoms with Crippen molar-refractivity contribution in [2.75, 3.05) is 33.0 Å². The minimum atomic E-state index is -0.569. The molecule has 1 amide bonds. The third-order valence-electron chi connectivity index (χ3n) is 5.81. The fourth-order valence-corrected chi connectivity index (χ4v) is 3.77. The van der Waals surface area contributed by atoms with E-state index in [-0.39, 0.29) is 34.6 Å². The highest BCUT2D eigenvalue weighted by molar-refractivity contribution is 5.94. The van der Waals surface area contributed by atoms with Crippen LogP contribution < -0.4 is 20.6 Å². The number of aromatic hydroxyl groups is 1. The highest BCUT2D eigenvalue weighted by Crippen LogP contribution is 2.36. The number of benzene rings is 1. The van der Waals surface area contributed by atoms with E-state index in [4.69, 9.17) is 19.8 Å². The number of carbonyl (C=O) groups excluding carboxylic acids is 1. The van der Waals surface area contributed by atoms with Gasteiger partial charge < -0.3 is 20.3 Å². The normalized spacial score (nSPS) is 14.9. The molecule has 0 radical (unpaired) electrons. The summed E-state index contributed by atoms with van der Waals surface area (Å²) in [6.07, 6.45) is 3.50. The predicted molar refractivity (Wildman–Crippen MR) is 124 cm³/mol. The van der Waals surface area contributed by atoms with Crippen LogP contribution in [0.4, 0.5) is 5.82 Å². The van der Waals surface area contributed by atoms with Crippen LogP contribution in [0.15, 0.2) is 21.9 Å². The number of amides is 1. The average Bonchev–Trinajstić information content (AvgIpc) is 3.46. The summed E-state index contributed by atoms with van der Waals surface area (Å²) in [7, 11) is 2.84. The number of hydrogen-bond acceptors (Lipinski definition) is 12. The van der Waals surface area contributed by atoms with Gasteiger partial charge in [-0.25, -0.2) is 10.1 Å². The summed E-state index contributed by atoms with van der Waals surface area (Å²) in [5, 5.41) is 29.5. The van der Waals surface area contributed by atoms with Crippen LogP contribution in [0.1, 0.15) is 41.5 Å². The van der Waals surface area contributed by atoms with E-state index in [9.17, 15) is 9.90 Å². The third-order valence-corrected chi connectivity index (χ3v) is 5.81. The number of anilines is 1. The smallest absolute Gasteiger partial charge is 0.293 e. The van der Waals surface area contributed by atoms with Gasteiger partial charge in [-0.2, -0.15) is 9.78 Å². The molecule has 0 bridgehead atoms. The number of nitrogens with zero attached hydrogens (tertiary/aromatic N) is 7. The number of carbonyl (C=O) groups is 1. The van der Waals surface area contributed by atoms with Crippen LogP contribution in [0.3, 0.4) is 0 Å². The first-order chi connectivity index (χ1) is 16.9. The molecule has 1 aliphatic rings. The number of ether oxygens (including phenoxy) is 2. The van der Waals surface area contributed by atoms with Crippen LogP contribution in [0.5, 0.6) is 17.2 Å². The lowest BCUT2D eigenvalue weighted by Crippen LogP contribution is -2.34. The number of piperidine rings is 1. The Morgan fingerprint density at radius 2 is 1.97 bits per heavy atom. The van der Waals surface area contributed by atoms with E-state index in [0.717, 1.165) is 25.9 Å². The molecule has 0 aliphatic carbocycles. The van der Waals surface area contributed by atoms with Gasteiger partial charge in [-0.05, 0) is 54.3 Å². The number of hydrogen-bond donors (Lipinski definition) is 3. The summed E-state index contributed by atoms with van der Waals surface area (Å²) in [6, 6.07) is 3.10. The fourth-order valence-electron chi connectivity index (χ4n) is 3.77. The monoisotopic (exact) mass is 485 g/mol. The van der Waals surface area contributed by atoms with Crippen LogP contribution >= 0.6 is 0 Å². The van der Waals surface area contributed by atoms with Crippen molar-refractivity contribution in [2.24, 2.45) is 11.0 Å². The molecule has 0 unspecified atom stereocenters. The maximum atomic E-state index is 13.0. The van der Waals surface area contributed by atoms with E-state index >= 15 is 0 Å². The van der Waals surface area contributed by atoms with Gasteiger partial charge in [0.15, 0.2) is 17.2 Å². The second kappa shape index (κ2) is 10.4. The van der Waals surface area contributed by atoms with Crippen LogP contribution in [0.2, 0.25) is 0 Å². The zero-order chi connectivity index (χ0) is 24.9. The number of likely N-dealkylation sites (tertiary alicyclic amines) is 1. The Balaban J connectivity index is 1.56. The number of nitrogens with two attached hydrogens (primary N) is 1. The van der Waals surface area contributed by atoms with E-state index in [1.54, 1.807) is 12.1 Å².